The average Bonchev–Trinajstić information content (AvgIpc) is 2.59. The molecule has 1 heterocycles. The number of rotatable bonds is 7. The highest BCUT2D eigenvalue weighted by Gasteiger charge is 2.33. The molecular formula is C19H27ClN2O3. The minimum absolute atomic E-state index is 0.0352. The predicted octanol–water partition coefficient (Wildman–Crippen LogP) is 2.35. The minimum Gasteiger partial charge on any atom is -0.395 e. The zero-order valence-electron chi connectivity index (χ0n) is 14.9. The van der Waals surface area contributed by atoms with E-state index in [4.69, 9.17) is 11.6 Å². The van der Waals surface area contributed by atoms with Crippen LogP contribution in [0.25, 0.3) is 0 Å². The summed E-state index contributed by atoms with van der Waals surface area (Å²) in [5.74, 6) is -0.0406. The first-order valence-corrected chi connectivity index (χ1v) is 9.23. The van der Waals surface area contributed by atoms with Gasteiger partial charge in [-0.15, -0.1) is 0 Å². The summed E-state index contributed by atoms with van der Waals surface area (Å²) in [5, 5.41) is 9.88. The smallest absolute Gasteiger partial charge is 0.227 e. The van der Waals surface area contributed by atoms with Crippen molar-refractivity contribution in [2.24, 2.45) is 5.92 Å². The summed E-state index contributed by atoms with van der Waals surface area (Å²) >= 11 is 5.89. The SMILES string of the molecule is CC(C)N(CCO)C(=O)C1CCC(=O)N(CCc2ccc(Cl)cc2)C1. The number of carbonyl (C=O) groups excluding carboxylic acids is 2. The van der Waals surface area contributed by atoms with Crippen LogP contribution in [0.5, 0.6) is 0 Å². The van der Waals surface area contributed by atoms with Crippen molar-refractivity contribution < 1.29 is 14.7 Å². The monoisotopic (exact) mass is 366 g/mol. The Balaban J connectivity index is 1.96. The molecule has 0 aromatic heterocycles. The van der Waals surface area contributed by atoms with E-state index in [2.05, 4.69) is 0 Å². The second kappa shape index (κ2) is 9.20. The van der Waals surface area contributed by atoms with Crippen molar-refractivity contribution in [1.29, 1.82) is 0 Å². The van der Waals surface area contributed by atoms with Gasteiger partial charge in [-0.05, 0) is 44.4 Å². The Bertz CT molecular complexity index is 589. The first-order chi connectivity index (χ1) is 11.9. The maximum atomic E-state index is 12.8. The Morgan fingerprint density at radius 2 is 2.04 bits per heavy atom. The van der Waals surface area contributed by atoms with Crippen molar-refractivity contribution in [3.63, 3.8) is 0 Å². The van der Waals surface area contributed by atoms with Crippen LogP contribution in [-0.4, -0.2) is 59.0 Å². The lowest BCUT2D eigenvalue weighted by molar-refractivity contribution is -0.144. The van der Waals surface area contributed by atoms with Crippen LogP contribution in [0.1, 0.15) is 32.3 Å². The van der Waals surface area contributed by atoms with Gasteiger partial charge in [-0.1, -0.05) is 23.7 Å². The van der Waals surface area contributed by atoms with Gasteiger partial charge in [0, 0.05) is 37.1 Å². The van der Waals surface area contributed by atoms with Crippen LogP contribution in [0.2, 0.25) is 5.02 Å². The second-order valence-corrected chi connectivity index (χ2v) is 7.24. The molecule has 0 bridgehead atoms. The van der Waals surface area contributed by atoms with Crippen LogP contribution >= 0.6 is 11.6 Å². The lowest BCUT2D eigenvalue weighted by Crippen LogP contribution is -2.49. The number of hydrogen-bond donors (Lipinski definition) is 1. The maximum absolute atomic E-state index is 12.8. The molecule has 6 heteroatoms. The first-order valence-electron chi connectivity index (χ1n) is 8.86. The van der Waals surface area contributed by atoms with E-state index in [0.717, 1.165) is 12.0 Å². The predicted molar refractivity (Wildman–Crippen MR) is 98.4 cm³/mol. The van der Waals surface area contributed by atoms with Crippen LogP contribution < -0.4 is 0 Å². The van der Waals surface area contributed by atoms with E-state index in [1.807, 2.05) is 38.1 Å². The van der Waals surface area contributed by atoms with Crippen molar-refractivity contribution in [2.45, 2.75) is 39.2 Å². The molecule has 1 saturated heterocycles. The quantitative estimate of drug-likeness (QED) is 0.805. The highest BCUT2D eigenvalue weighted by Crippen LogP contribution is 2.21. The molecule has 2 rings (SSSR count). The fraction of sp³-hybridized carbons (Fsp3) is 0.579. The number of aliphatic hydroxyl groups is 1. The van der Waals surface area contributed by atoms with E-state index in [0.29, 0.717) is 37.5 Å². The molecule has 2 amide bonds. The van der Waals surface area contributed by atoms with Gasteiger partial charge in [0.1, 0.15) is 0 Å². The van der Waals surface area contributed by atoms with Crippen LogP contribution in [-0.2, 0) is 16.0 Å². The minimum atomic E-state index is -0.183. The summed E-state index contributed by atoms with van der Waals surface area (Å²) in [6.07, 6.45) is 1.74. The molecule has 1 aromatic rings. The largest absolute Gasteiger partial charge is 0.395 e. The number of hydrogen-bond acceptors (Lipinski definition) is 3. The Kier molecular flexibility index (Phi) is 7.26. The van der Waals surface area contributed by atoms with E-state index in [1.165, 1.54) is 0 Å². The van der Waals surface area contributed by atoms with Gasteiger partial charge in [0.25, 0.3) is 0 Å². The van der Waals surface area contributed by atoms with Crippen molar-refractivity contribution in [2.75, 3.05) is 26.2 Å². The molecule has 0 spiro atoms. The Morgan fingerprint density at radius 1 is 1.36 bits per heavy atom. The molecular weight excluding hydrogens is 340 g/mol. The van der Waals surface area contributed by atoms with E-state index in [1.54, 1.807) is 9.80 Å². The Labute approximate surface area is 154 Å². The summed E-state index contributed by atoms with van der Waals surface area (Å²) in [6, 6.07) is 7.65. The van der Waals surface area contributed by atoms with Gasteiger partial charge >= 0.3 is 0 Å². The Morgan fingerprint density at radius 3 is 2.64 bits per heavy atom. The highest BCUT2D eigenvalue weighted by atomic mass is 35.5. The van der Waals surface area contributed by atoms with Crippen LogP contribution in [0.3, 0.4) is 0 Å². The van der Waals surface area contributed by atoms with E-state index in [9.17, 15) is 14.7 Å². The number of benzene rings is 1. The normalized spacial score (nSPS) is 17.9. The summed E-state index contributed by atoms with van der Waals surface area (Å²) in [5.41, 5.74) is 1.12. The van der Waals surface area contributed by atoms with Gasteiger partial charge in [0.15, 0.2) is 0 Å². The number of aliphatic hydroxyl groups excluding tert-OH is 1. The zero-order chi connectivity index (χ0) is 18.4. The molecule has 1 fully saturated rings. The first kappa shape index (κ1) is 19.7. The van der Waals surface area contributed by atoms with Crippen LogP contribution in [0, 0.1) is 5.92 Å². The molecule has 1 aliphatic heterocycles. The van der Waals surface area contributed by atoms with Crippen molar-refractivity contribution in [1.82, 2.24) is 9.80 Å². The number of carbonyl (C=O) groups is 2. The van der Waals surface area contributed by atoms with Crippen molar-refractivity contribution >= 4 is 23.4 Å². The summed E-state index contributed by atoms with van der Waals surface area (Å²) < 4.78 is 0. The van der Waals surface area contributed by atoms with Gasteiger partial charge < -0.3 is 14.9 Å². The molecule has 138 valence electrons. The fourth-order valence-corrected chi connectivity index (χ4v) is 3.34. The van der Waals surface area contributed by atoms with Gasteiger partial charge in [0.05, 0.1) is 12.5 Å². The van der Waals surface area contributed by atoms with Crippen molar-refractivity contribution in [3.05, 3.63) is 34.9 Å². The fourth-order valence-electron chi connectivity index (χ4n) is 3.21. The molecule has 0 radical (unpaired) electrons. The van der Waals surface area contributed by atoms with Gasteiger partial charge in [-0.3, -0.25) is 9.59 Å². The molecule has 1 N–H and O–H groups in total. The zero-order valence-corrected chi connectivity index (χ0v) is 15.7. The van der Waals surface area contributed by atoms with Gasteiger partial charge in [-0.25, -0.2) is 0 Å². The van der Waals surface area contributed by atoms with Gasteiger partial charge in [0.2, 0.25) is 11.8 Å². The second-order valence-electron chi connectivity index (χ2n) is 6.80. The van der Waals surface area contributed by atoms with E-state index < -0.39 is 0 Å². The maximum Gasteiger partial charge on any atom is 0.227 e. The van der Waals surface area contributed by atoms with Crippen LogP contribution in [0.4, 0.5) is 0 Å². The third kappa shape index (κ3) is 5.44. The molecule has 0 saturated carbocycles. The number of amides is 2. The molecule has 5 nitrogen and oxygen atoms in total. The summed E-state index contributed by atoms with van der Waals surface area (Å²) in [4.78, 5) is 28.5. The lowest BCUT2D eigenvalue weighted by Gasteiger charge is -2.36. The molecule has 25 heavy (non-hydrogen) atoms. The third-order valence-electron chi connectivity index (χ3n) is 4.68. The average molecular weight is 367 g/mol. The van der Waals surface area contributed by atoms with Gasteiger partial charge in [-0.2, -0.15) is 0 Å². The van der Waals surface area contributed by atoms with Crippen molar-refractivity contribution in [3.8, 4) is 0 Å². The molecule has 1 atom stereocenters. The van der Waals surface area contributed by atoms with E-state index in [-0.39, 0.29) is 30.4 Å². The topological polar surface area (TPSA) is 60.9 Å². The van der Waals surface area contributed by atoms with E-state index >= 15 is 0 Å². The molecule has 1 unspecified atom stereocenters. The highest BCUT2D eigenvalue weighted by molar-refractivity contribution is 6.30. The number of halogens is 1. The Hall–Kier alpha value is -1.59. The molecule has 1 aromatic carbocycles. The third-order valence-corrected chi connectivity index (χ3v) is 4.93. The number of likely N-dealkylation sites (tertiary alicyclic amines) is 1. The van der Waals surface area contributed by atoms with Crippen LogP contribution in [0.15, 0.2) is 24.3 Å². The molecule has 0 aliphatic carbocycles. The number of nitrogens with zero attached hydrogens (tertiary/aromatic N) is 2. The lowest BCUT2D eigenvalue weighted by atomic mass is 9.95. The summed E-state index contributed by atoms with van der Waals surface area (Å²) in [7, 11) is 0. The standard InChI is InChI=1S/C19H27ClN2O3/c1-14(2)22(11-12-23)19(25)16-5-8-18(24)21(13-16)10-9-15-3-6-17(20)7-4-15/h3-4,6-7,14,16,23H,5,8-13H2,1-2H3. The molecule has 1 aliphatic rings. The number of piperidine rings is 1. The summed E-state index contributed by atoms with van der Waals surface area (Å²) in [6.45, 7) is 5.24.